The van der Waals surface area contributed by atoms with E-state index in [1.807, 2.05) is 25.1 Å². The number of benzene rings is 4. The number of hydrogen-bond donors (Lipinski definition) is 3. The molecule has 4 aromatic carbocycles. The lowest BCUT2D eigenvalue weighted by atomic mass is 9.60. The molecular weight excluding hydrogens is 670 g/mol. The monoisotopic (exact) mass is 707 g/mol. The molecule has 3 heterocycles. The average molecular weight is 708 g/mol. The lowest BCUT2D eigenvalue weighted by molar-refractivity contribution is -0.156. The fourth-order valence-corrected chi connectivity index (χ4v) is 8.33. The molecular formula is C40H38ClN3O7. The first kappa shape index (κ1) is 33.3. The summed E-state index contributed by atoms with van der Waals surface area (Å²) in [6.07, 6.45) is 3.12. The van der Waals surface area contributed by atoms with E-state index in [1.165, 1.54) is 4.90 Å². The van der Waals surface area contributed by atoms with E-state index in [2.05, 4.69) is 10.6 Å². The number of Topliss-reactive ketones (excluding diaryl/α,β-unsaturated/α-hetero) is 1. The molecule has 1 saturated heterocycles. The molecule has 3 aliphatic heterocycles. The maximum absolute atomic E-state index is 15.6. The second-order valence-corrected chi connectivity index (χ2v) is 14.2. The number of aryl methyl sites for hydroxylation is 1. The molecule has 1 aliphatic carbocycles. The average Bonchev–Trinajstić information content (AvgIpc) is 3.70. The molecule has 0 radical (unpaired) electrons. The number of aliphatic hydroxyl groups is 1. The molecule has 3 N–H and O–H groups in total. The zero-order valence-electron chi connectivity index (χ0n) is 28.1. The van der Waals surface area contributed by atoms with Crippen molar-refractivity contribution in [1.82, 2.24) is 10.6 Å². The van der Waals surface area contributed by atoms with Gasteiger partial charge in [-0.2, -0.15) is 0 Å². The van der Waals surface area contributed by atoms with Gasteiger partial charge < -0.3 is 24.6 Å². The van der Waals surface area contributed by atoms with E-state index in [-0.39, 0.29) is 36.3 Å². The lowest BCUT2D eigenvalue weighted by Crippen LogP contribution is -2.71. The molecule has 4 atom stereocenters. The molecule has 1 saturated carbocycles. The van der Waals surface area contributed by atoms with Crippen molar-refractivity contribution in [3.05, 3.63) is 118 Å². The minimum absolute atomic E-state index is 0.107. The van der Waals surface area contributed by atoms with Crippen LogP contribution in [0.5, 0.6) is 17.2 Å². The van der Waals surface area contributed by atoms with Gasteiger partial charge in [0.1, 0.15) is 11.8 Å². The Morgan fingerprint density at radius 2 is 1.63 bits per heavy atom. The first-order chi connectivity index (χ1) is 24.7. The molecule has 11 heteroatoms. The van der Waals surface area contributed by atoms with E-state index in [0.717, 1.165) is 43.2 Å². The third kappa shape index (κ3) is 5.35. The van der Waals surface area contributed by atoms with Crippen molar-refractivity contribution in [2.75, 3.05) is 11.7 Å². The predicted octanol–water partition coefficient (Wildman–Crippen LogP) is 5.81. The zero-order chi connectivity index (χ0) is 35.3. The number of anilines is 1. The van der Waals surface area contributed by atoms with Crippen molar-refractivity contribution in [2.45, 2.75) is 69.5 Å². The Morgan fingerprint density at radius 1 is 0.902 bits per heavy atom. The number of rotatable bonds is 7. The number of fused-ring (bicyclic) bond motifs is 2. The van der Waals surface area contributed by atoms with Crippen molar-refractivity contribution < 1.29 is 33.7 Å². The summed E-state index contributed by atoms with van der Waals surface area (Å²) in [5.74, 6) is -0.514. The van der Waals surface area contributed by atoms with E-state index >= 15 is 14.4 Å². The molecule has 4 aromatic rings. The summed E-state index contributed by atoms with van der Waals surface area (Å²) in [6, 6.07) is 23.8. The Kier molecular flexibility index (Phi) is 8.49. The van der Waals surface area contributed by atoms with Crippen LogP contribution in [0.4, 0.5) is 5.69 Å². The minimum atomic E-state index is -2.58. The van der Waals surface area contributed by atoms with E-state index in [1.54, 1.807) is 72.8 Å². The molecule has 2 amide bonds. The fourth-order valence-electron chi connectivity index (χ4n) is 8.20. The van der Waals surface area contributed by atoms with Crippen molar-refractivity contribution >= 4 is 34.9 Å². The second-order valence-electron chi connectivity index (χ2n) is 13.7. The van der Waals surface area contributed by atoms with Gasteiger partial charge in [0.15, 0.2) is 34.5 Å². The largest absolute Gasteiger partial charge is 0.473 e. The molecule has 51 heavy (non-hydrogen) atoms. The van der Waals surface area contributed by atoms with Crippen molar-refractivity contribution in [3.8, 4) is 17.2 Å². The fraction of sp³-hybridized carbons (Fsp3) is 0.325. The Bertz CT molecular complexity index is 2000. The Balaban J connectivity index is 1.36. The maximum atomic E-state index is 15.6. The maximum Gasteiger partial charge on any atom is 0.265 e. The van der Waals surface area contributed by atoms with E-state index in [4.69, 9.17) is 25.8 Å². The lowest BCUT2D eigenvalue weighted by Gasteiger charge is -2.49. The molecule has 10 nitrogen and oxygen atoms in total. The molecule has 2 fully saturated rings. The summed E-state index contributed by atoms with van der Waals surface area (Å²) in [6.45, 7) is 2.09. The minimum Gasteiger partial charge on any atom is -0.473 e. The number of ether oxygens (including phenoxy) is 3. The van der Waals surface area contributed by atoms with Gasteiger partial charge in [0.25, 0.3) is 5.91 Å². The standard InChI is InChI=1S/C40H38ClN3O7/c1-24-12-18-31-30(20-24)35(45)39(37(51-31)42-22-25-13-19-32-33(21-25)50-23-49-32)34(36(46)43-28-10-6-3-7-11-28)44(29-16-14-27(41)15-17-29)38(47)40(39,48)26-8-4-2-5-9-26/h2,4-5,8-9,12-21,28,34,37,42,48H,3,6-7,10-11,22-23H2,1H3,(H,43,46)/t34-,37+,39+,40-/m1/s1. The molecule has 262 valence electrons. The van der Waals surface area contributed by atoms with Crippen LogP contribution in [0.3, 0.4) is 0 Å². The Hall–Kier alpha value is -4.90. The first-order valence-electron chi connectivity index (χ1n) is 17.3. The molecule has 0 aromatic heterocycles. The number of nitrogens with one attached hydrogen (secondary N) is 2. The molecule has 4 aliphatic rings. The summed E-state index contributed by atoms with van der Waals surface area (Å²) in [5.41, 5.74) is -2.63. The van der Waals surface area contributed by atoms with Crippen LogP contribution in [-0.2, 0) is 21.7 Å². The van der Waals surface area contributed by atoms with Gasteiger partial charge in [-0.25, -0.2) is 0 Å². The van der Waals surface area contributed by atoms with Gasteiger partial charge in [-0.15, -0.1) is 0 Å². The summed E-state index contributed by atoms with van der Waals surface area (Å²) in [4.78, 5) is 47.2. The number of ketones is 1. The predicted molar refractivity (Wildman–Crippen MR) is 190 cm³/mol. The van der Waals surface area contributed by atoms with Crippen LogP contribution in [0, 0.1) is 12.3 Å². The van der Waals surface area contributed by atoms with E-state index in [0.29, 0.717) is 22.2 Å². The summed E-state index contributed by atoms with van der Waals surface area (Å²) in [7, 11) is 0. The van der Waals surface area contributed by atoms with Crippen molar-refractivity contribution in [2.24, 2.45) is 5.41 Å². The first-order valence-corrected chi connectivity index (χ1v) is 17.7. The SMILES string of the molecule is Cc1ccc2c(c1)C(=O)[C@]1([C@@H](NCc3ccc4c(c3)OCO4)O2)[C@@H](C(=O)NC2CCCCC2)N(c2ccc(Cl)cc2)C(=O)[C@]1(O)c1ccccc1. The normalized spacial score (nSPS) is 25.5. The van der Waals surface area contributed by atoms with Crippen molar-refractivity contribution in [3.63, 3.8) is 0 Å². The number of halogens is 1. The summed E-state index contributed by atoms with van der Waals surface area (Å²) in [5, 5.41) is 20.4. The van der Waals surface area contributed by atoms with Crippen molar-refractivity contribution in [1.29, 1.82) is 0 Å². The van der Waals surface area contributed by atoms with Gasteiger partial charge in [-0.3, -0.25) is 24.6 Å². The van der Waals surface area contributed by atoms with Crippen LogP contribution in [0.1, 0.15) is 59.2 Å². The molecule has 0 bridgehead atoms. The van der Waals surface area contributed by atoms with Gasteiger partial charge in [0.2, 0.25) is 12.7 Å². The highest BCUT2D eigenvalue weighted by Gasteiger charge is 2.79. The summed E-state index contributed by atoms with van der Waals surface area (Å²) < 4.78 is 17.8. The highest BCUT2D eigenvalue weighted by Crippen LogP contribution is 2.59. The topological polar surface area (TPSA) is 126 Å². The Morgan fingerprint density at radius 3 is 2.39 bits per heavy atom. The van der Waals surface area contributed by atoms with Crippen LogP contribution in [0.2, 0.25) is 5.02 Å². The van der Waals surface area contributed by atoms with Gasteiger partial charge >= 0.3 is 0 Å². The Labute approximate surface area is 300 Å². The van der Waals surface area contributed by atoms with Crippen LogP contribution in [0.25, 0.3) is 0 Å². The van der Waals surface area contributed by atoms with Gasteiger partial charge in [0, 0.05) is 23.3 Å². The number of hydrogen-bond acceptors (Lipinski definition) is 8. The van der Waals surface area contributed by atoms with Crippen LogP contribution < -0.4 is 29.7 Å². The smallest absolute Gasteiger partial charge is 0.265 e. The summed E-state index contributed by atoms with van der Waals surface area (Å²) >= 11 is 6.30. The number of carbonyl (C=O) groups excluding carboxylic acids is 3. The number of amides is 2. The van der Waals surface area contributed by atoms with Gasteiger partial charge in [-0.1, -0.05) is 78.9 Å². The third-order valence-corrected chi connectivity index (χ3v) is 10.9. The van der Waals surface area contributed by atoms with Crippen LogP contribution in [-0.4, -0.2) is 47.8 Å². The molecule has 1 spiro atoms. The highest BCUT2D eigenvalue weighted by molar-refractivity contribution is 6.30. The van der Waals surface area contributed by atoms with Gasteiger partial charge in [0.05, 0.1) is 5.56 Å². The number of nitrogens with zero attached hydrogens (tertiary/aromatic N) is 1. The second kappa shape index (κ2) is 13.0. The zero-order valence-corrected chi connectivity index (χ0v) is 28.8. The molecule has 0 unspecified atom stereocenters. The van der Waals surface area contributed by atoms with Gasteiger partial charge in [-0.05, 0) is 79.4 Å². The van der Waals surface area contributed by atoms with E-state index in [9.17, 15) is 5.11 Å². The third-order valence-electron chi connectivity index (χ3n) is 10.7. The van der Waals surface area contributed by atoms with Crippen LogP contribution >= 0.6 is 11.6 Å². The van der Waals surface area contributed by atoms with E-state index < -0.39 is 40.9 Å². The molecule has 8 rings (SSSR count). The highest BCUT2D eigenvalue weighted by atomic mass is 35.5. The quantitative estimate of drug-likeness (QED) is 0.220. The number of carbonyl (C=O) groups is 3. The van der Waals surface area contributed by atoms with Crippen LogP contribution in [0.15, 0.2) is 91.0 Å².